The third-order valence-electron chi connectivity index (χ3n) is 5.03. The first-order valence-corrected chi connectivity index (χ1v) is 11.2. The fourth-order valence-corrected chi connectivity index (χ4v) is 4.76. The Bertz CT molecular complexity index is 645. The first kappa shape index (κ1) is 20.2. The van der Waals surface area contributed by atoms with E-state index in [0.29, 0.717) is 25.0 Å². The molecule has 11 heteroatoms. The highest BCUT2D eigenvalue weighted by Crippen LogP contribution is 2.53. The molecule has 3 rings (SSSR count). The van der Waals surface area contributed by atoms with Gasteiger partial charge in [-0.15, -0.1) is 0 Å². The first-order valence-electron chi connectivity index (χ1n) is 8.61. The zero-order chi connectivity index (χ0) is 19.1. The first-order chi connectivity index (χ1) is 12.2. The average Bonchev–Trinajstić information content (AvgIpc) is 2.74. The number of carbonyl (C=O) groups is 1. The molecule has 3 aliphatic rings. The number of rotatable bonds is 6. The molecule has 3 heterocycles. The van der Waals surface area contributed by atoms with E-state index in [1.165, 1.54) is 7.11 Å². The van der Waals surface area contributed by atoms with E-state index in [9.17, 15) is 9.69 Å². The van der Waals surface area contributed by atoms with Gasteiger partial charge in [-0.3, -0.25) is 15.1 Å². The molecule has 0 aromatic heterocycles. The standard InChI is InChI=1S/C15H26N3O6PS/c1-4-5-15-6-7-22-10(11(15)24-25(20,26)21-3)13(23-15)18-8-9(2)12(19)17-14(18)16/h8,10-11,13-14H,4-7,16H2,1-3H3,(H,17,19)(H,20,26)/t10-,11?,13+,14?,15+,25?/m0/s1. The second-order valence-corrected chi connectivity index (χ2v) is 9.66. The van der Waals surface area contributed by atoms with E-state index in [2.05, 4.69) is 12.2 Å². The Morgan fingerprint density at radius 3 is 3.00 bits per heavy atom. The Hall–Kier alpha value is -0.580. The molecule has 6 atom stereocenters. The molecule has 9 nitrogen and oxygen atoms in total. The molecule has 26 heavy (non-hydrogen) atoms. The highest BCUT2D eigenvalue weighted by molar-refractivity contribution is 8.07. The van der Waals surface area contributed by atoms with Gasteiger partial charge in [0.2, 0.25) is 0 Å². The maximum absolute atomic E-state index is 11.8. The average molecular weight is 407 g/mol. The van der Waals surface area contributed by atoms with Crippen molar-refractivity contribution >= 4 is 24.4 Å². The number of hydrogen-bond donors (Lipinski definition) is 3. The molecule has 0 radical (unpaired) electrons. The van der Waals surface area contributed by atoms with Gasteiger partial charge in [0.1, 0.15) is 17.8 Å². The number of nitrogens with zero attached hydrogens (tertiary/aromatic N) is 1. The normalized spacial score (nSPS) is 39.3. The predicted octanol–water partition coefficient (Wildman–Crippen LogP) is 0.497. The summed E-state index contributed by atoms with van der Waals surface area (Å²) in [6, 6.07) is 0. The van der Waals surface area contributed by atoms with E-state index in [1.807, 2.05) is 0 Å². The molecule has 2 fully saturated rings. The van der Waals surface area contributed by atoms with Crippen LogP contribution in [-0.4, -0.2) is 59.7 Å². The Labute approximate surface area is 158 Å². The molecule has 0 saturated carbocycles. The van der Waals surface area contributed by atoms with Crippen LogP contribution in [0.3, 0.4) is 0 Å². The van der Waals surface area contributed by atoms with Crippen LogP contribution in [0.2, 0.25) is 0 Å². The van der Waals surface area contributed by atoms with Crippen LogP contribution in [0.1, 0.15) is 33.1 Å². The minimum atomic E-state index is -3.41. The molecular weight excluding hydrogens is 381 g/mol. The summed E-state index contributed by atoms with van der Waals surface area (Å²) in [4.78, 5) is 23.7. The highest BCUT2D eigenvalue weighted by Gasteiger charge is 2.61. The van der Waals surface area contributed by atoms with Crippen LogP contribution in [0, 0.1) is 0 Å². The van der Waals surface area contributed by atoms with Crippen molar-refractivity contribution < 1.29 is 28.2 Å². The van der Waals surface area contributed by atoms with Crippen molar-refractivity contribution in [3.8, 4) is 0 Å². The molecule has 3 aliphatic heterocycles. The smallest absolute Gasteiger partial charge is 0.324 e. The Balaban J connectivity index is 1.94. The van der Waals surface area contributed by atoms with Gasteiger partial charge in [0.05, 0.1) is 6.61 Å². The molecule has 2 saturated heterocycles. The summed E-state index contributed by atoms with van der Waals surface area (Å²) >= 11 is 5.05. The summed E-state index contributed by atoms with van der Waals surface area (Å²) < 4.78 is 23.1. The van der Waals surface area contributed by atoms with Gasteiger partial charge in [-0.25, -0.2) is 0 Å². The number of nitrogens with two attached hydrogens (primary N) is 1. The lowest BCUT2D eigenvalue weighted by Crippen LogP contribution is -2.61. The topological polar surface area (TPSA) is 116 Å². The molecule has 1 amide bonds. The predicted molar refractivity (Wildman–Crippen MR) is 97.0 cm³/mol. The van der Waals surface area contributed by atoms with Crippen molar-refractivity contribution in [3.05, 3.63) is 11.8 Å². The van der Waals surface area contributed by atoms with E-state index < -0.39 is 37.0 Å². The van der Waals surface area contributed by atoms with Crippen molar-refractivity contribution in [2.45, 2.75) is 63.4 Å². The highest BCUT2D eigenvalue weighted by atomic mass is 32.5. The van der Waals surface area contributed by atoms with Gasteiger partial charge in [0, 0.05) is 25.3 Å². The number of carbonyl (C=O) groups excluding carboxylic acids is 1. The van der Waals surface area contributed by atoms with E-state index in [1.54, 1.807) is 18.0 Å². The van der Waals surface area contributed by atoms with Crippen LogP contribution in [0.4, 0.5) is 0 Å². The quantitative estimate of drug-likeness (QED) is 0.541. The molecule has 0 spiro atoms. The Morgan fingerprint density at radius 1 is 1.62 bits per heavy atom. The summed E-state index contributed by atoms with van der Waals surface area (Å²) in [5, 5.41) is 2.69. The summed E-state index contributed by atoms with van der Waals surface area (Å²) in [6.45, 7) is 0.842. The van der Waals surface area contributed by atoms with Gasteiger partial charge in [-0.1, -0.05) is 13.3 Å². The SMILES string of the molecule is CCC[C@@]12CCO[C@@H](C1OP(O)(=S)OC)[C@H](N1C=C(C)C(=O)NC1N)O2. The molecular formula is C15H26N3O6PS. The minimum absolute atomic E-state index is 0.225. The number of nitrogens with one attached hydrogen (secondary N) is 1. The molecule has 3 unspecified atom stereocenters. The second-order valence-electron chi connectivity index (χ2n) is 6.76. The molecule has 148 valence electrons. The maximum atomic E-state index is 11.8. The van der Waals surface area contributed by atoms with Gasteiger partial charge in [0.15, 0.2) is 12.5 Å². The summed E-state index contributed by atoms with van der Waals surface area (Å²) in [6.07, 6.45) is 1.41. The molecule has 0 aliphatic carbocycles. The summed E-state index contributed by atoms with van der Waals surface area (Å²) in [7, 11) is 1.32. The minimum Gasteiger partial charge on any atom is -0.371 e. The molecule has 0 aromatic rings. The lowest BCUT2D eigenvalue weighted by Gasteiger charge is -2.39. The number of fused-ring (bicyclic) bond motifs is 2. The fourth-order valence-electron chi connectivity index (χ4n) is 3.80. The van der Waals surface area contributed by atoms with Crippen molar-refractivity contribution in [1.82, 2.24) is 10.2 Å². The van der Waals surface area contributed by atoms with Gasteiger partial charge < -0.3 is 29.1 Å². The Kier molecular flexibility index (Phi) is 5.77. The fraction of sp³-hybridized carbons (Fsp3) is 0.800. The van der Waals surface area contributed by atoms with E-state index in [0.717, 1.165) is 6.42 Å². The third-order valence-corrected chi connectivity index (χ3v) is 6.69. The maximum Gasteiger partial charge on any atom is 0.324 e. The molecule has 4 N–H and O–H groups in total. The Morgan fingerprint density at radius 2 is 2.35 bits per heavy atom. The van der Waals surface area contributed by atoms with Crippen molar-refractivity contribution in [2.75, 3.05) is 13.7 Å². The van der Waals surface area contributed by atoms with Crippen LogP contribution in [0.25, 0.3) is 0 Å². The van der Waals surface area contributed by atoms with Crippen LogP contribution < -0.4 is 11.1 Å². The molecule has 0 aromatic carbocycles. The molecule has 2 bridgehead atoms. The third kappa shape index (κ3) is 3.57. The summed E-state index contributed by atoms with van der Waals surface area (Å²) in [5.74, 6) is -0.225. The largest absolute Gasteiger partial charge is 0.371 e. The van der Waals surface area contributed by atoms with Crippen LogP contribution in [0.15, 0.2) is 11.8 Å². The lowest BCUT2D eigenvalue weighted by atomic mass is 9.85. The summed E-state index contributed by atoms with van der Waals surface area (Å²) in [5.41, 5.74) is 5.96. The van der Waals surface area contributed by atoms with Gasteiger partial charge in [-0.05, 0) is 25.2 Å². The zero-order valence-corrected chi connectivity index (χ0v) is 16.8. The van der Waals surface area contributed by atoms with Gasteiger partial charge >= 0.3 is 6.72 Å². The van der Waals surface area contributed by atoms with Crippen molar-refractivity contribution in [2.24, 2.45) is 5.73 Å². The van der Waals surface area contributed by atoms with Crippen molar-refractivity contribution in [1.29, 1.82) is 0 Å². The van der Waals surface area contributed by atoms with Gasteiger partial charge in [-0.2, -0.15) is 0 Å². The lowest BCUT2D eigenvalue weighted by molar-refractivity contribution is -0.136. The van der Waals surface area contributed by atoms with Crippen molar-refractivity contribution in [3.63, 3.8) is 0 Å². The van der Waals surface area contributed by atoms with E-state index in [4.69, 9.17) is 36.1 Å². The zero-order valence-electron chi connectivity index (χ0n) is 15.1. The van der Waals surface area contributed by atoms with E-state index >= 15 is 0 Å². The van der Waals surface area contributed by atoms with Crippen LogP contribution >= 0.6 is 6.72 Å². The van der Waals surface area contributed by atoms with E-state index in [-0.39, 0.29) is 5.91 Å². The number of amides is 1. The number of ether oxygens (including phenoxy) is 2. The van der Waals surface area contributed by atoms with Crippen LogP contribution in [-0.2, 0) is 35.1 Å². The van der Waals surface area contributed by atoms with Gasteiger partial charge in [0.25, 0.3) is 5.91 Å². The monoisotopic (exact) mass is 407 g/mol. The van der Waals surface area contributed by atoms with Crippen LogP contribution in [0.5, 0.6) is 0 Å². The number of hydrogen-bond acceptors (Lipinski definition) is 8. The second kappa shape index (κ2) is 7.44.